The number of aromatic nitrogens is 4. The molecule has 166 valence electrons. The summed E-state index contributed by atoms with van der Waals surface area (Å²) in [6, 6.07) is 2.37. The Morgan fingerprint density at radius 1 is 1.39 bits per heavy atom. The Morgan fingerprint density at radius 3 is 2.81 bits per heavy atom. The second-order valence-electron chi connectivity index (χ2n) is 9.20. The minimum atomic E-state index is -0.954. The lowest BCUT2D eigenvalue weighted by Crippen LogP contribution is -2.42. The van der Waals surface area contributed by atoms with Gasteiger partial charge in [-0.2, -0.15) is 5.26 Å². The Bertz CT molecular complexity index is 1100. The van der Waals surface area contributed by atoms with E-state index >= 15 is 0 Å². The van der Waals surface area contributed by atoms with Crippen molar-refractivity contribution in [1.82, 2.24) is 24.8 Å². The molecule has 0 aromatic carbocycles. The van der Waals surface area contributed by atoms with Crippen molar-refractivity contribution in [2.45, 2.75) is 70.2 Å². The highest BCUT2D eigenvalue weighted by molar-refractivity contribution is 6.01. The molecule has 1 saturated carbocycles. The number of fused-ring (bicyclic) bond motifs is 3. The van der Waals surface area contributed by atoms with Crippen molar-refractivity contribution < 1.29 is 14.6 Å². The van der Waals surface area contributed by atoms with Gasteiger partial charge in [-0.1, -0.05) is 0 Å². The first kappa shape index (κ1) is 21.7. The maximum absolute atomic E-state index is 14.7. The van der Waals surface area contributed by atoms with Crippen molar-refractivity contribution in [2.75, 3.05) is 6.54 Å². The van der Waals surface area contributed by atoms with Crippen molar-refractivity contribution in [1.29, 1.82) is 5.26 Å². The van der Waals surface area contributed by atoms with Crippen LogP contribution in [0.1, 0.15) is 57.8 Å². The minimum absolute atomic E-state index is 0.108. The largest absolute Gasteiger partial charge is 0.389 e. The normalized spacial score (nSPS) is 20.9. The molecule has 4 N–H and O–H groups in total. The van der Waals surface area contributed by atoms with Gasteiger partial charge >= 0.3 is 0 Å². The summed E-state index contributed by atoms with van der Waals surface area (Å²) in [6.45, 7) is 3.56. The third-order valence-electron chi connectivity index (χ3n) is 6.08. The van der Waals surface area contributed by atoms with Gasteiger partial charge in [-0.25, -0.2) is 14.4 Å². The molecule has 0 radical (unpaired) electrons. The van der Waals surface area contributed by atoms with Crippen LogP contribution in [0, 0.1) is 23.1 Å². The number of nitrogens with one attached hydrogen (secondary N) is 2. The molecule has 0 amide bonds. The van der Waals surface area contributed by atoms with E-state index in [2.05, 4.69) is 25.9 Å². The molecule has 4 rings (SSSR count). The van der Waals surface area contributed by atoms with E-state index in [1.165, 1.54) is 6.20 Å². The number of hydrogen-bond acceptors (Lipinski definition) is 6. The smallest absolute Gasteiger partial charge is 0.152 e. The maximum atomic E-state index is 14.7. The molecular weight excluding hydrogens is 399 g/mol. The van der Waals surface area contributed by atoms with Gasteiger partial charge in [0.15, 0.2) is 5.82 Å². The number of H-pyrrole nitrogens is 1. The van der Waals surface area contributed by atoms with Crippen LogP contribution in [-0.2, 0) is 6.42 Å². The van der Waals surface area contributed by atoms with E-state index in [0.29, 0.717) is 40.2 Å². The lowest BCUT2D eigenvalue weighted by atomic mass is 9.84. The Morgan fingerprint density at radius 2 is 2.13 bits per heavy atom. The molecule has 0 saturated heterocycles. The zero-order chi connectivity index (χ0) is 22.2. The van der Waals surface area contributed by atoms with E-state index < -0.39 is 11.8 Å². The van der Waals surface area contributed by atoms with Crippen LogP contribution in [0.5, 0.6) is 0 Å². The molecular formula is C22H29FN6O2. The number of aliphatic hydroxyl groups excluding tert-OH is 1. The summed E-state index contributed by atoms with van der Waals surface area (Å²) in [5.41, 5.74) is 0.800. The number of aliphatic hydroxyl groups is 2. The van der Waals surface area contributed by atoms with Crippen LogP contribution >= 0.6 is 0 Å². The fourth-order valence-corrected chi connectivity index (χ4v) is 4.57. The van der Waals surface area contributed by atoms with Gasteiger partial charge in [0.1, 0.15) is 23.2 Å². The first-order chi connectivity index (χ1) is 14.8. The Labute approximate surface area is 180 Å². The third kappa shape index (κ3) is 4.56. The molecule has 1 aliphatic carbocycles. The van der Waals surface area contributed by atoms with E-state index in [1.54, 1.807) is 20.0 Å². The molecule has 1 unspecified atom stereocenters. The summed E-state index contributed by atoms with van der Waals surface area (Å²) in [7, 11) is 0. The molecule has 31 heavy (non-hydrogen) atoms. The number of aromatic amines is 1. The van der Waals surface area contributed by atoms with E-state index in [-0.39, 0.29) is 24.8 Å². The van der Waals surface area contributed by atoms with E-state index in [9.17, 15) is 14.6 Å². The first-order valence-electron chi connectivity index (χ1n) is 10.8. The average Bonchev–Trinajstić information content (AvgIpc) is 3.27. The van der Waals surface area contributed by atoms with Gasteiger partial charge in [-0.3, -0.25) is 5.32 Å². The van der Waals surface area contributed by atoms with Crippen LogP contribution in [0.25, 0.3) is 22.1 Å². The van der Waals surface area contributed by atoms with Crippen LogP contribution in [0.15, 0.2) is 12.4 Å². The van der Waals surface area contributed by atoms with Gasteiger partial charge in [0, 0.05) is 31.6 Å². The molecule has 1 atom stereocenters. The summed E-state index contributed by atoms with van der Waals surface area (Å²) in [6.07, 6.45) is 6.41. The molecule has 1 aliphatic rings. The van der Waals surface area contributed by atoms with E-state index in [0.717, 1.165) is 25.7 Å². The molecule has 0 spiro atoms. The topological polar surface area (TPSA) is 123 Å². The van der Waals surface area contributed by atoms with Crippen LogP contribution < -0.4 is 5.32 Å². The van der Waals surface area contributed by atoms with E-state index in [4.69, 9.17) is 10.2 Å². The SMILES string of the molecule is CC(C)(O)CNC(O)Cc1nc2cnc3[nH]cc(F)c3c2n1C1CCC(CC#N)CC1. The summed E-state index contributed by atoms with van der Waals surface area (Å²) in [5.74, 6) is 0.674. The monoisotopic (exact) mass is 428 g/mol. The summed E-state index contributed by atoms with van der Waals surface area (Å²) in [4.78, 5) is 11.9. The minimum Gasteiger partial charge on any atom is -0.389 e. The van der Waals surface area contributed by atoms with Crippen molar-refractivity contribution in [2.24, 2.45) is 5.92 Å². The number of nitrogens with zero attached hydrogens (tertiary/aromatic N) is 4. The van der Waals surface area contributed by atoms with Gasteiger partial charge in [0.25, 0.3) is 0 Å². The van der Waals surface area contributed by atoms with Gasteiger partial charge < -0.3 is 19.8 Å². The van der Waals surface area contributed by atoms with Crippen molar-refractivity contribution in [3.8, 4) is 6.07 Å². The number of imidazole rings is 1. The fourth-order valence-electron chi connectivity index (χ4n) is 4.57. The number of halogens is 1. The quantitative estimate of drug-likeness (QED) is 0.429. The number of nitriles is 1. The molecule has 8 nitrogen and oxygen atoms in total. The van der Waals surface area contributed by atoms with Crippen molar-refractivity contribution in [3.05, 3.63) is 24.0 Å². The first-order valence-corrected chi connectivity index (χ1v) is 10.8. The Balaban J connectivity index is 1.72. The van der Waals surface area contributed by atoms with Crippen molar-refractivity contribution >= 4 is 22.1 Å². The summed E-state index contributed by atoms with van der Waals surface area (Å²) >= 11 is 0. The predicted molar refractivity (Wildman–Crippen MR) is 115 cm³/mol. The summed E-state index contributed by atoms with van der Waals surface area (Å²) in [5, 5.41) is 32.8. The van der Waals surface area contributed by atoms with Crippen LogP contribution in [0.2, 0.25) is 0 Å². The van der Waals surface area contributed by atoms with E-state index in [1.807, 2.05) is 0 Å². The van der Waals surface area contributed by atoms with Gasteiger partial charge in [0.2, 0.25) is 0 Å². The predicted octanol–water partition coefficient (Wildman–Crippen LogP) is 2.92. The highest BCUT2D eigenvalue weighted by Crippen LogP contribution is 2.38. The second kappa shape index (κ2) is 8.54. The van der Waals surface area contributed by atoms with Gasteiger partial charge in [-0.15, -0.1) is 0 Å². The average molecular weight is 429 g/mol. The third-order valence-corrected chi connectivity index (χ3v) is 6.08. The highest BCUT2D eigenvalue weighted by atomic mass is 19.1. The molecule has 9 heteroatoms. The number of pyridine rings is 1. The second-order valence-corrected chi connectivity index (χ2v) is 9.20. The number of rotatable bonds is 7. The molecule has 0 bridgehead atoms. The summed E-state index contributed by atoms with van der Waals surface area (Å²) < 4.78 is 16.7. The molecule has 3 aromatic rings. The van der Waals surface area contributed by atoms with Gasteiger partial charge in [0.05, 0.1) is 28.8 Å². The van der Waals surface area contributed by atoms with Crippen LogP contribution in [0.3, 0.4) is 0 Å². The Kier molecular flexibility index (Phi) is 5.97. The van der Waals surface area contributed by atoms with Crippen LogP contribution in [-0.4, -0.2) is 48.1 Å². The van der Waals surface area contributed by atoms with Crippen LogP contribution in [0.4, 0.5) is 4.39 Å². The molecule has 0 aliphatic heterocycles. The van der Waals surface area contributed by atoms with Crippen molar-refractivity contribution in [3.63, 3.8) is 0 Å². The fraction of sp³-hybridized carbons (Fsp3) is 0.591. The Hall–Kier alpha value is -2.54. The standard InChI is InChI=1S/C22H29FN6O2/c1-22(2,31)12-27-18(30)9-17-28-16-11-26-21-19(15(23)10-25-21)20(16)29(17)14-5-3-13(4-6-14)7-8-24/h10-11,13-14,18,27,30-31H,3-7,9,12H2,1-2H3,(H,25,26). The highest BCUT2D eigenvalue weighted by Gasteiger charge is 2.28. The zero-order valence-corrected chi connectivity index (χ0v) is 17.9. The molecule has 3 aromatic heterocycles. The molecule has 1 fully saturated rings. The van der Waals surface area contributed by atoms with Gasteiger partial charge in [-0.05, 0) is 45.4 Å². The number of hydrogen-bond donors (Lipinski definition) is 4. The zero-order valence-electron chi connectivity index (χ0n) is 17.9. The maximum Gasteiger partial charge on any atom is 0.152 e. The lowest BCUT2D eigenvalue weighted by Gasteiger charge is -2.30. The lowest BCUT2D eigenvalue weighted by molar-refractivity contribution is 0.0489. The molecule has 3 heterocycles.